The quantitative estimate of drug-likeness (QED) is 0.258. The summed E-state index contributed by atoms with van der Waals surface area (Å²) in [7, 11) is -3.69. The summed E-state index contributed by atoms with van der Waals surface area (Å²) in [4.78, 5) is 0.409. The van der Waals surface area contributed by atoms with Gasteiger partial charge in [-0.3, -0.25) is 0 Å². The predicted octanol–water partition coefficient (Wildman–Crippen LogP) is 8.70. The van der Waals surface area contributed by atoms with Crippen molar-refractivity contribution in [1.82, 2.24) is 0 Å². The van der Waals surface area contributed by atoms with E-state index in [1.54, 1.807) is 48.5 Å². The van der Waals surface area contributed by atoms with E-state index in [1.807, 2.05) is 48.5 Å². The third-order valence-electron chi connectivity index (χ3n) is 6.11. The first-order chi connectivity index (χ1) is 17.4. The normalized spacial score (nSPS) is 12.3. The maximum atomic E-state index is 13.3. The van der Waals surface area contributed by atoms with Gasteiger partial charge in [-0.2, -0.15) is 0 Å². The van der Waals surface area contributed by atoms with Crippen LogP contribution in [0.3, 0.4) is 0 Å². The topological polar surface area (TPSA) is 52.6 Å². The molecule has 4 aromatic rings. The highest BCUT2D eigenvalue weighted by atomic mass is 32.2. The van der Waals surface area contributed by atoms with Crippen molar-refractivity contribution in [2.24, 2.45) is 0 Å². The summed E-state index contributed by atoms with van der Waals surface area (Å²) >= 11 is 0. The van der Waals surface area contributed by atoms with E-state index in [4.69, 9.17) is 9.47 Å². The van der Waals surface area contributed by atoms with Crippen molar-refractivity contribution in [2.75, 3.05) is 0 Å². The Labute approximate surface area is 220 Å². The molecule has 4 nitrogen and oxygen atoms in total. The van der Waals surface area contributed by atoms with E-state index in [2.05, 4.69) is 41.5 Å². The molecule has 0 saturated carbocycles. The van der Waals surface area contributed by atoms with Crippen LogP contribution in [0.4, 0.5) is 0 Å². The van der Waals surface area contributed by atoms with Gasteiger partial charge in [0.25, 0.3) is 0 Å². The summed E-state index contributed by atoms with van der Waals surface area (Å²) in [5.41, 5.74) is 2.01. The number of hydrogen-bond acceptors (Lipinski definition) is 4. The van der Waals surface area contributed by atoms with Crippen LogP contribution in [-0.4, -0.2) is 8.42 Å². The van der Waals surface area contributed by atoms with Crippen LogP contribution in [0.1, 0.15) is 52.7 Å². The van der Waals surface area contributed by atoms with Gasteiger partial charge in [0.1, 0.15) is 23.0 Å². The zero-order chi connectivity index (χ0) is 26.8. The molecule has 0 amide bonds. The van der Waals surface area contributed by atoms with E-state index < -0.39 is 9.84 Å². The monoisotopic (exact) mass is 514 g/mol. The molecule has 0 unspecified atom stereocenters. The zero-order valence-corrected chi connectivity index (χ0v) is 23.1. The Morgan fingerprint density at radius 1 is 0.486 bits per heavy atom. The average molecular weight is 515 g/mol. The van der Waals surface area contributed by atoms with Crippen molar-refractivity contribution in [2.45, 2.75) is 62.2 Å². The average Bonchev–Trinajstić information content (AvgIpc) is 2.84. The fourth-order valence-corrected chi connectivity index (χ4v) is 5.38. The molecule has 0 bridgehead atoms. The number of sulfone groups is 1. The Morgan fingerprint density at radius 3 is 1.14 bits per heavy atom. The third-order valence-corrected chi connectivity index (χ3v) is 7.90. The molecule has 0 N–H and O–H groups in total. The first kappa shape index (κ1) is 26.5. The van der Waals surface area contributed by atoms with Crippen LogP contribution in [0.2, 0.25) is 0 Å². The summed E-state index contributed by atoms with van der Waals surface area (Å²) in [6.45, 7) is 12.8. The molecule has 5 heteroatoms. The molecule has 0 saturated heterocycles. The molecule has 0 radical (unpaired) electrons. The molecule has 0 aromatic heterocycles. The Bertz CT molecular complexity index is 1360. The van der Waals surface area contributed by atoms with Gasteiger partial charge in [0.15, 0.2) is 0 Å². The Kier molecular flexibility index (Phi) is 7.20. The standard InChI is InChI=1S/C32H34O4S/c1-31(2,3)27-11-7-9-13-29(27)35-23-15-19-25(20-16-23)37(33,34)26-21-17-24(18-22-26)36-30-14-10-8-12-28(30)32(4,5)6/h7-22H,1-6H3. The molecular formula is C32H34O4S. The van der Waals surface area contributed by atoms with Crippen LogP contribution in [-0.2, 0) is 20.7 Å². The zero-order valence-electron chi connectivity index (χ0n) is 22.3. The molecule has 0 spiro atoms. The molecule has 0 heterocycles. The van der Waals surface area contributed by atoms with Crippen LogP contribution in [0, 0.1) is 0 Å². The van der Waals surface area contributed by atoms with Crippen molar-refractivity contribution < 1.29 is 17.9 Å². The number of rotatable bonds is 6. The third kappa shape index (κ3) is 6.05. The van der Waals surface area contributed by atoms with Crippen molar-refractivity contribution in [1.29, 1.82) is 0 Å². The largest absolute Gasteiger partial charge is 0.457 e. The van der Waals surface area contributed by atoms with Gasteiger partial charge < -0.3 is 9.47 Å². The van der Waals surface area contributed by atoms with Crippen molar-refractivity contribution in [3.63, 3.8) is 0 Å². The van der Waals surface area contributed by atoms with Gasteiger partial charge in [0.05, 0.1) is 9.79 Å². The maximum absolute atomic E-state index is 13.3. The van der Waals surface area contributed by atoms with E-state index in [0.29, 0.717) is 11.5 Å². The van der Waals surface area contributed by atoms with Gasteiger partial charge >= 0.3 is 0 Å². The highest BCUT2D eigenvalue weighted by molar-refractivity contribution is 7.91. The van der Waals surface area contributed by atoms with Crippen LogP contribution in [0.5, 0.6) is 23.0 Å². The second-order valence-electron chi connectivity index (χ2n) is 11.1. The number of ether oxygens (including phenoxy) is 2. The van der Waals surface area contributed by atoms with E-state index in [9.17, 15) is 8.42 Å². The van der Waals surface area contributed by atoms with Gasteiger partial charge in [0, 0.05) is 11.1 Å². The minimum absolute atomic E-state index is 0.0788. The first-order valence-corrected chi connectivity index (χ1v) is 13.8. The minimum atomic E-state index is -3.69. The van der Waals surface area contributed by atoms with Crippen LogP contribution < -0.4 is 9.47 Å². The number of para-hydroxylation sites is 2. The molecule has 192 valence electrons. The summed E-state index contributed by atoms with van der Waals surface area (Å²) in [6, 6.07) is 28.8. The number of hydrogen-bond donors (Lipinski definition) is 0. The summed E-state index contributed by atoms with van der Waals surface area (Å²) in [5, 5.41) is 0. The van der Waals surface area contributed by atoms with Gasteiger partial charge in [-0.1, -0.05) is 77.9 Å². The molecule has 0 atom stereocenters. The highest BCUT2D eigenvalue weighted by Crippen LogP contribution is 2.36. The summed E-state index contributed by atoms with van der Waals surface area (Å²) < 4.78 is 38.7. The maximum Gasteiger partial charge on any atom is 0.206 e. The predicted molar refractivity (Wildman–Crippen MR) is 149 cm³/mol. The second kappa shape index (κ2) is 10.1. The molecule has 0 aliphatic heterocycles. The van der Waals surface area contributed by atoms with Gasteiger partial charge in [-0.05, 0) is 71.5 Å². The van der Waals surface area contributed by atoms with Gasteiger partial charge in [0.2, 0.25) is 9.84 Å². The molecule has 37 heavy (non-hydrogen) atoms. The second-order valence-corrected chi connectivity index (χ2v) is 13.1. The van der Waals surface area contributed by atoms with Crippen LogP contribution >= 0.6 is 0 Å². The van der Waals surface area contributed by atoms with E-state index in [0.717, 1.165) is 22.6 Å². The molecule has 4 rings (SSSR count). The van der Waals surface area contributed by atoms with Crippen molar-refractivity contribution >= 4 is 9.84 Å². The van der Waals surface area contributed by atoms with Crippen LogP contribution in [0.25, 0.3) is 0 Å². The fourth-order valence-electron chi connectivity index (χ4n) is 4.11. The lowest BCUT2D eigenvalue weighted by atomic mass is 9.86. The first-order valence-electron chi connectivity index (χ1n) is 12.4. The lowest BCUT2D eigenvalue weighted by molar-refractivity contribution is 0.454. The highest BCUT2D eigenvalue weighted by Gasteiger charge is 2.21. The molecule has 0 fully saturated rings. The van der Waals surface area contributed by atoms with E-state index in [1.165, 1.54) is 0 Å². The lowest BCUT2D eigenvalue weighted by Crippen LogP contribution is -2.12. The molecule has 0 aliphatic carbocycles. The van der Waals surface area contributed by atoms with Gasteiger partial charge in [-0.25, -0.2) is 8.42 Å². The Hall–Kier alpha value is -3.57. The SMILES string of the molecule is CC(C)(C)c1ccccc1Oc1ccc(S(=O)(=O)c2ccc(Oc3ccccc3C(C)(C)C)cc2)cc1. The van der Waals surface area contributed by atoms with Gasteiger partial charge in [-0.15, -0.1) is 0 Å². The molecule has 4 aromatic carbocycles. The summed E-state index contributed by atoms with van der Waals surface area (Å²) in [5.74, 6) is 2.68. The lowest BCUT2D eigenvalue weighted by Gasteiger charge is -2.22. The number of benzene rings is 4. The smallest absolute Gasteiger partial charge is 0.206 e. The van der Waals surface area contributed by atoms with Crippen molar-refractivity contribution in [3.8, 4) is 23.0 Å². The Balaban J connectivity index is 1.52. The fraction of sp³-hybridized carbons (Fsp3) is 0.250. The molecule has 0 aliphatic rings. The minimum Gasteiger partial charge on any atom is -0.457 e. The van der Waals surface area contributed by atoms with E-state index >= 15 is 0 Å². The van der Waals surface area contributed by atoms with Crippen molar-refractivity contribution in [3.05, 3.63) is 108 Å². The Morgan fingerprint density at radius 2 is 0.811 bits per heavy atom. The molecular weight excluding hydrogens is 480 g/mol. The summed E-state index contributed by atoms with van der Waals surface area (Å²) in [6.07, 6.45) is 0. The van der Waals surface area contributed by atoms with Crippen LogP contribution in [0.15, 0.2) is 107 Å². The van der Waals surface area contributed by atoms with E-state index in [-0.39, 0.29) is 20.6 Å².